The highest BCUT2D eigenvalue weighted by Crippen LogP contribution is 2.13. The van der Waals surface area contributed by atoms with Gasteiger partial charge in [-0.25, -0.2) is 4.79 Å². The van der Waals surface area contributed by atoms with Gasteiger partial charge in [0.15, 0.2) is 0 Å². The summed E-state index contributed by atoms with van der Waals surface area (Å²) in [5.41, 5.74) is 2.50. The molecule has 2 N–H and O–H groups in total. The Morgan fingerprint density at radius 2 is 1.41 bits per heavy atom. The lowest BCUT2D eigenvalue weighted by Gasteiger charge is -2.18. The van der Waals surface area contributed by atoms with Crippen LogP contribution in [-0.2, 0) is 22.6 Å². The van der Waals surface area contributed by atoms with Crippen molar-refractivity contribution in [3.05, 3.63) is 99.6 Å². The normalized spacial score (nSPS) is 11.3. The first-order valence-corrected chi connectivity index (χ1v) is 10.3. The maximum absolute atomic E-state index is 12.8. The summed E-state index contributed by atoms with van der Waals surface area (Å²) in [6, 6.07) is 25.6. The van der Waals surface area contributed by atoms with Crippen molar-refractivity contribution < 1.29 is 14.3 Å². The lowest BCUT2D eigenvalue weighted by atomic mass is 10.1. The molecule has 0 aliphatic heterocycles. The third-order valence-corrected chi connectivity index (χ3v) is 4.93. The molecule has 1 unspecified atom stereocenters. The number of hydrogen-bond donors (Lipinski definition) is 2. The summed E-state index contributed by atoms with van der Waals surface area (Å²) in [4.78, 5) is 25.1. The number of rotatable bonds is 7. The van der Waals surface area contributed by atoms with Crippen molar-refractivity contribution in [2.24, 2.45) is 0 Å². The van der Waals surface area contributed by atoms with Crippen molar-refractivity contribution in [1.82, 2.24) is 5.32 Å². The maximum atomic E-state index is 12.8. The first kappa shape index (κ1) is 20.9. The third kappa shape index (κ3) is 6.90. The van der Waals surface area contributed by atoms with Crippen LogP contribution in [0, 0.1) is 3.57 Å². The molecule has 1 atom stereocenters. The van der Waals surface area contributed by atoms with E-state index < -0.39 is 12.1 Å². The number of hydrogen-bond acceptors (Lipinski definition) is 3. The highest BCUT2D eigenvalue weighted by molar-refractivity contribution is 14.1. The van der Waals surface area contributed by atoms with Gasteiger partial charge in [0.2, 0.25) is 5.91 Å². The number of amides is 2. The zero-order chi connectivity index (χ0) is 20.5. The molecular formula is C23H21IN2O3. The van der Waals surface area contributed by atoms with Crippen LogP contribution in [0.1, 0.15) is 11.1 Å². The lowest BCUT2D eigenvalue weighted by molar-refractivity contribution is -0.118. The van der Waals surface area contributed by atoms with Crippen LogP contribution in [0.3, 0.4) is 0 Å². The van der Waals surface area contributed by atoms with Crippen molar-refractivity contribution in [3.8, 4) is 0 Å². The second kappa shape index (κ2) is 10.6. The molecule has 0 radical (unpaired) electrons. The number of nitrogens with one attached hydrogen (secondary N) is 2. The lowest BCUT2D eigenvalue weighted by Crippen LogP contribution is -2.45. The Labute approximate surface area is 183 Å². The topological polar surface area (TPSA) is 67.4 Å². The van der Waals surface area contributed by atoms with Crippen molar-refractivity contribution in [2.75, 3.05) is 5.32 Å². The molecule has 0 bridgehead atoms. The van der Waals surface area contributed by atoms with Crippen molar-refractivity contribution in [1.29, 1.82) is 0 Å². The van der Waals surface area contributed by atoms with E-state index in [0.29, 0.717) is 12.1 Å². The predicted molar refractivity (Wildman–Crippen MR) is 121 cm³/mol. The molecule has 0 aromatic heterocycles. The van der Waals surface area contributed by atoms with E-state index in [4.69, 9.17) is 4.74 Å². The van der Waals surface area contributed by atoms with Crippen molar-refractivity contribution in [2.45, 2.75) is 19.1 Å². The van der Waals surface area contributed by atoms with Crippen LogP contribution in [0.15, 0.2) is 84.9 Å². The van der Waals surface area contributed by atoms with Gasteiger partial charge >= 0.3 is 6.09 Å². The molecule has 29 heavy (non-hydrogen) atoms. The number of halogens is 1. The Bertz CT molecular complexity index is 931. The van der Waals surface area contributed by atoms with Gasteiger partial charge in [-0.2, -0.15) is 0 Å². The zero-order valence-electron chi connectivity index (χ0n) is 15.7. The van der Waals surface area contributed by atoms with Crippen LogP contribution < -0.4 is 10.6 Å². The van der Waals surface area contributed by atoms with Gasteiger partial charge in [0.1, 0.15) is 12.6 Å². The van der Waals surface area contributed by atoms with E-state index in [2.05, 4.69) is 33.2 Å². The molecule has 3 aromatic carbocycles. The van der Waals surface area contributed by atoms with Crippen molar-refractivity contribution in [3.63, 3.8) is 0 Å². The van der Waals surface area contributed by atoms with Gasteiger partial charge in [0, 0.05) is 15.7 Å². The monoisotopic (exact) mass is 500 g/mol. The Morgan fingerprint density at radius 1 is 0.828 bits per heavy atom. The Morgan fingerprint density at radius 3 is 2.03 bits per heavy atom. The van der Waals surface area contributed by atoms with E-state index >= 15 is 0 Å². The zero-order valence-corrected chi connectivity index (χ0v) is 17.8. The van der Waals surface area contributed by atoms with E-state index in [1.54, 1.807) is 0 Å². The van der Waals surface area contributed by atoms with Crippen LogP contribution in [0.4, 0.5) is 10.5 Å². The Kier molecular flexibility index (Phi) is 7.63. The van der Waals surface area contributed by atoms with Gasteiger partial charge in [-0.05, 0) is 58.0 Å². The largest absolute Gasteiger partial charge is 0.445 e. The van der Waals surface area contributed by atoms with Gasteiger partial charge in [-0.1, -0.05) is 60.7 Å². The molecule has 2 amide bonds. The highest BCUT2D eigenvalue weighted by atomic mass is 127. The molecule has 6 heteroatoms. The number of alkyl carbamates (subject to hydrolysis) is 1. The fraction of sp³-hybridized carbons (Fsp3) is 0.130. The average molecular weight is 500 g/mol. The average Bonchev–Trinajstić information content (AvgIpc) is 2.75. The van der Waals surface area contributed by atoms with E-state index in [0.717, 1.165) is 14.7 Å². The predicted octanol–water partition coefficient (Wildman–Crippen LogP) is 4.77. The summed E-state index contributed by atoms with van der Waals surface area (Å²) in [7, 11) is 0. The number of carbonyl (C=O) groups excluding carboxylic acids is 2. The van der Waals surface area contributed by atoms with Crippen LogP contribution in [0.5, 0.6) is 0 Å². The number of anilines is 1. The molecule has 0 spiro atoms. The molecule has 148 valence electrons. The third-order valence-electron chi connectivity index (χ3n) is 4.22. The standard InChI is InChI=1S/C23H21IN2O3/c24-19-11-13-20(14-12-19)25-22(27)21(15-17-7-3-1-4-8-17)26-23(28)29-16-18-9-5-2-6-10-18/h1-14,21H,15-16H2,(H,25,27)(H,26,28). The fourth-order valence-electron chi connectivity index (χ4n) is 2.73. The summed E-state index contributed by atoms with van der Waals surface area (Å²) >= 11 is 2.20. The minimum Gasteiger partial charge on any atom is -0.445 e. The van der Waals surface area contributed by atoms with E-state index in [-0.39, 0.29) is 12.5 Å². The molecule has 0 fully saturated rings. The molecular weight excluding hydrogens is 479 g/mol. The van der Waals surface area contributed by atoms with Gasteiger partial charge in [0.25, 0.3) is 0 Å². The summed E-state index contributed by atoms with van der Waals surface area (Å²) in [6.07, 6.45) is -0.273. The minimum absolute atomic E-state index is 0.142. The molecule has 5 nitrogen and oxygen atoms in total. The highest BCUT2D eigenvalue weighted by Gasteiger charge is 2.22. The van der Waals surface area contributed by atoms with E-state index in [1.165, 1.54) is 0 Å². The molecule has 0 aliphatic carbocycles. The SMILES string of the molecule is O=C(NC(Cc1ccccc1)C(=O)Nc1ccc(I)cc1)OCc1ccccc1. The van der Waals surface area contributed by atoms with Crippen LogP contribution in [-0.4, -0.2) is 18.0 Å². The van der Waals surface area contributed by atoms with Crippen LogP contribution in [0.25, 0.3) is 0 Å². The second-order valence-electron chi connectivity index (χ2n) is 6.44. The smallest absolute Gasteiger partial charge is 0.408 e. The van der Waals surface area contributed by atoms with Gasteiger partial charge in [0.05, 0.1) is 0 Å². The number of benzene rings is 3. The van der Waals surface area contributed by atoms with Gasteiger partial charge in [-0.15, -0.1) is 0 Å². The van der Waals surface area contributed by atoms with Crippen molar-refractivity contribution >= 4 is 40.3 Å². The number of ether oxygens (including phenoxy) is 1. The van der Waals surface area contributed by atoms with Crippen LogP contribution in [0.2, 0.25) is 0 Å². The molecule has 0 saturated carbocycles. The van der Waals surface area contributed by atoms with Gasteiger partial charge in [-0.3, -0.25) is 4.79 Å². The minimum atomic E-state index is -0.764. The quantitative estimate of drug-likeness (QED) is 0.460. The Balaban J connectivity index is 1.65. The van der Waals surface area contributed by atoms with E-state index in [1.807, 2.05) is 84.9 Å². The van der Waals surface area contributed by atoms with Crippen LogP contribution >= 0.6 is 22.6 Å². The molecule has 0 saturated heterocycles. The second-order valence-corrected chi connectivity index (χ2v) is 7.69. The van der Waals surface area contributed by atoms with Gasteiger partial charge < -0.3 is 15.4 Å². The first-order chi connectivity index (χ1) is 14.1. The molecule has 0 aliphatic rings. The molecule has 3 rings (SSSR count). The summed E-state index contributed by atoms with van der Waals surface area (Å²) in [5, 5.41) is 5.55. The summed E-state index contributed by atoms with van der Waals surface area (Å²) in [5.74, 6) is -0.299. The number of carbonyl (C=O) groups is 2. The first-order valence-electron chi connectivity index (χ1n) is 9.18. The molecule has 3 aromatic rings. The Hall–Kier alpha value is -2.87. The van der Waals surface area contributed by atoms with E-state index in [9.17, 15) is 9.59 Å². The summed E-state index contributed by atoms with van der Waals surface area (Å²) in [6.45, 7) is 0.142. The summed E-state index contributed by atoms with van der Waals surface area (Å²) < 4.78 is 6.35. The fourth-order valence-corrected chi connectivity index (χ4v) is 3.09. The molecule has 0 heterocycles. The maximum Gasteiger partial charge on any atom is 0.408 e.